The molecule has 2 aliphatic heterocycles. The van der Waals surface area contributed by atoms with Crippen LogP contribution in [0.5, 0.6) is 5.75 Å². The van der Waals surface area contributed by atoms with Crippen molar-refractivity contribution in [2.24, 2.45) is 11.7 Å². The lowest BCUT2D eigenvalue weighted by atomic mass is 9.75. The zero-order valence-electron chi connectivity index (χ0n) is 20.9. The second-order valence-corrected chi connectivity index (χ2v) is 10.1. The predicted octanol–water partition coefficient (Wildman–Crippen LogP) is 5.03. The van der Waals surface area contributed by atoms with E-state index in [-0.39, 0.29) is 29.7 Å². The van der Waals surface area contributed by atoms with Gasteiger partial charge in [0.25, 0.3) is 0 Å². The molecule has 2 heterocycles. The molecule has 2 saturated heterocycles. The standard InChI is InChI=1S/C28H34F4N3O2/c1-18-21(8-3-9-24(18)29)22-12-15-34(17-23(22)27(37)19-6-2-7-20(36)16-19)13-5-11-26(33)35-14-4-10-25(35)28(30,31)32/h2-3,6-9,12,16,22-23,25-26,36H,4-5,10-11,13-15,17,33H2,1H3/t22?,23?,25-,26+/m0/s1. The second kappa shape index (κ2) is 11.5. The van der Waals surface area contributed by atoms with E-state index in [1.165, 1.54) is 23.1 Å². The molecule has 2 fully saturated rings. The summed E-state index contributed by atoms with van der Waals surface area (Å²) < 4.78 is 54.3. The van der Waals surface area contributed by atoms with Crippen LogP contribution < -0.4 is 5.73 Å². The topological polar surface area (TPSA) is 69.8 Å². The number of nitrogens with two attached hydrogens (primary N) is 1. The number of likely N-dealkylation sites (tertiary alicyclic amines) is 2. The lowest BCUT2D eigenvalue weighted by molar-refractivity contribution is -0.181. The van der Waals surface area contributed by atoms with Crippen molar-refractivity contribution in [3.63, 3.8) is 0 Å². The van der Waals surface area contributed by atoms with E-state index in [0.29, 0.717) is 56.6 Å². The van der Waals surface area contributed by atoms with Crippen LogP contribution in [0.1, 0.15) is 53.1 Å². The minimum Gasteiger partial charge on any atom is -0.508 e. The Morgan fingerprint density at radius 3 is 2.70 bits per heavy atom. The molecule has 3 N–H and O–H groups in total. The van der Waals surface area contributed by atoms with Gasteiger partial charge in [0.1, 0.15) is 17.6 Å². The van der Waals surface area contributed by atoms with E-state index in [1.807, 2.05) is 12.5 Å². The van der Waals surface area contributed by atoms with Crippen LogP contribution in [0.25, 0.3) is 0 Å². The highest BCUT2D eigenvalue weighted by Gasteiger charge is 2.47. The highest BCUT2D eigenvalue weighted by molar-refractivity contribution is 5.99. The molecule has 4 rings (SSSR count). The maximum absolute atomic E-state index is 14.4. The van der Waals surface area contributed by atoms with Crippen molar-refractivity contribution < 1.29 is 27.5 Å². The highest BCUT2D eigenvalue weighted by atomic mass is 19.4. The monoisotopic (exact) mass is 520 g/mol. The minimum atomic E-state index is -4.28. The summed E-state index contributed by atoms with van der Waals surface area (Å²) in [6.07, 6.45) is -1.37. The average Bonchev–Trinajstić information content (AvgIpc) is 3.36. The zero-order chi connectivity index (χ0) is 26.7. The Kier molecular flexibility index (Phi) is 8.56. The van der Waals surface area contributed by atoms with Crippen molar-refractivity contribution in [1.82, 2.24) is 9.80 Å². The number of ketones is 1. The van der Waals surface area contributed by atoms with Crippen LogP contribution in [-0.4, -0.2) is 65.3 Å². The Hall–Kier alpha value is -2.49. The van der Waals surface area contributed by atoms with Gasteiger partial charge in [0.15, 0.2) is 5.78 Å². The second-order valence-electron chi connectivity index (χ2n) is 10.1. The molecular formula is C28H34F4N3O2. The summed E-state index contributed by atoms with van der Waals surface area (Å²) in [5.41, 5.74) is 7.80. The van der Waals surface area contributed by atoms with Crippen molar-refractivity contribution in [3.8, 4) is 5.75 Å². The molecule has 2 aromatic carbocycles. The van der Waals surface area contributed by atoms with Gasteiger partial charge in [-0.25, -0.2) is 4.39 Å². The molecule has 4 atom stereocenters. The molecule has 0 aromatic heterocycles. The first-order chi connectivity index (χ1) is 17.6. The lowest BCUT2D eigenvalue weighted by Gasteiger charge is -2.39. The number of carbonyl (C=O) groups excluding carboxylic acids is 1. The first-order valence-corrected chi connectivity index (χ1v) is 12.8. The third kappa shape index (κ3) is 6.33. The summed E-state index contributed by atoms with van der Waals surface area (Å²) in [5.74, 6) is -1.29. The maximum atomic E-state index is 14.4. The third-order valence-electron chi connectivity index (χ3n) is 7.71. The molecule has 37 heavy (non-hydrogen) atoms. The fraction of sp³-hybridized carbons (Fsp3) is 0.500. The number of aromatic hydroxyl groups is 1. The molecular weight excluding hydrogens is 486 g/mol. The number of carbonyl (C=O) groups is 1. The van der Waals surface area contributed by atoms with E-state index in [2.05, 4.69) is 4.90 Å². The Morgan fingerprint density at radius 2 is 1.97 bits per heavy atom. The number of halogens is 4. The molecule has 201 valence electrons. The summed E-state index contributed by atoms with van der Waals surface area (Å²) in [7, 11) is 0. The summed E-state index contributed by atoms with van der Waals surface area (Å²) >= 11 is 0. The SMILES string of the molecule is Cc1c(F)cccc1C1[CH]CN(CCC[C@H](N)N2CCC[C@H]2C(F)(F)F)CC1C(=O)c1cccc(O)c1. The van der Waals surface area contributed by atoms with Crippen LogP contribution in [-0.2, 0) is 0 Å². The van der Waals surface area contributed by atoms with Crippen LogP contribution in [0.2, 0.25) is 0 Å². The van der Waals surface area contributed by atoms with Crippen molar-refractivity contribution in [1.29, 1.82) is 0 Å². The number of benzene rings is 2. The molecule has 0 aliphatic carbocycles. The van der Waals surface area contributed by atoms with E-state index in [9.17, 15) is 27.5 Å². The molecule has 0 bridgehead atoms. The van der Waals surface area contributed by atoms with Gasteiger partial charge >= 0.3 is 6.18 Å². The Labute approximate surface area is 215 Å². The zero-order valence-corrected chi connectivity index (χ0v) is 20.9. The first kappa shape index (κ1) is 27.5. The number of phenols is 1. The number of rotatable bonds is 8. The fourth-order valence-corrected chi connectivity index (χ4v) is 5.75. The third-order valence-corrected chi connectivity index (χ3v) is 7.71. The molecule has 2 aliphatic rings. The first-order valence-electron chi connectivity index (χ1n) is 12.8. The smallest absolute Gasteiger partial charge is 0.404 e. The normalized spacial score (nSPS) is 24.3. The van der Waals surface area contributed by atoms with Gasteiger partial charge in [0.05, 0.1) is 6.17 Å². The van der Waals surface area contributed by atoms with Gasteiger partial charge in [-0.15, -0.1) is 0 Å². The van der Waals surface area contributed by atoms with Gasteiger partial charge in [-0.05, 0) is 80.8 Å². The minimum absolute atomic E-state index is 0.00552. The number of hydrogen-bond donors (Lipinski definition) is 2. The summed E-state index contributed by atoms with van der Waals surface area (Å²) in [6.45, 7) is 3.60. The largest absolute Gasteiger partial charge is 0.508 e. The number of phenolic OH excluding ortho intramolecular Hbond substituents is 1. The van der Waals surface area contributed by atoms with Gasteiger partial charge in [-0.1, -0.05) is 24.3 Å². The molecule has 5 nitrogen and oxygen atoms in total. The predicted molar refractivity (Wildman–Crippen MR) is 134 cm³/mol. The van der Waals surface area contributed by atoms with Crippen molar-refractivity contribution in [2.45, 2.75) is 56.9 Å². The quantitative estimate of drug-likeness (QED) is 0.377. The Bertz CT molecular complexity index is 1090. The number of piperidine rings is 1. The van der Waals surface area contributed by atoms with Crippen LogP contribution in [0, 0.1) is 25.1 Å². The number of nitrogens with zero attached hydrogens (tertiary/aromatic N) is 2. The van der Waals surface area contributed by atoms with E-state index in [0.717, 1.165) is 5.56 Å². The molecule has 0 saturated carbocycles. The van der Waals surface area contributed by atoms with Crippen molar-refractivity contribution >= 4 is 5.78 Å². The van der Waals surface area contributed by atoms with Crippen molar-refractivity contribution in [3.05, 3.63) is 71.4 Å². The molecule has 1 radical (unpaired) electrons. The van der Waals surface area contributed by atoms with E-state index >= 15 is 0 Å². The van der Waals surface area contributed by atoms with Gasteiger partial charge in [-0.2, -0.15) is 13.2 Å². The lowest BCUT2D eigenvalue weighted by Crippen LogP contribution is -2.51. The summed E-state index contributed by atoms with van der Waals surface area (Å²) in [4.78, 5) is 17.0. The van der Waals surface area contributed by atoms with E-state index in [1.54, 1.807) is 25.1 Å². The summed E-state index contributed by atoms with van der Waals surface area (Å²) in [5, 5.41) is 9.90. The number of hydrogen-bond acceptors (Lipinski definition) is 5. The molecule has 2 aromatic rings. The number of Topliss-reactive ketones (excluding diaryl/α,β-unsaturated/α-hetero) is 1. The fourth-order valence-electron chi connectivity index (χ4n) is 5.75. The number of alkyl halides is 3. The Balaban J connectivity index is 1.45. The average molecular weight is 521 g/mol. The molecule has 0 amide bonds. The molecule has 2 unspecified atom stereocenters. The van der Waals surface area contributed by atoms with Crippen LogP contribution in [0.3, 0.4) is 0 Å². The Morgan fingerprint density at radius 1 is 1.22 bits per heavy atom. The van der Waals surface area contributed by atoms with E-state index < -0.39 is 24.3 Å². The van der Waals surface area contributed by atoms with Crippen LogP contribution >= 0.6 is 0 Å². The van der Waals surface area contributed by atoms with E-state index in [4.69, 9.17) is 5.73 Å². The van der Waals surface area contributed by atoms with Crippen LogP contribution in [0.4, 0.5) is 17.6 Å². The van der Waals surface area contributed by atoms with Gasteiger partial charge in [-0.3, -0.25) is 9.69 Å². The van der Waals surface area contributed by atoms with Gasteiger partial charge < -0.3 is 15.7 Å². The maximum Gasteiger partial charge on any atom is 0.404 e. The van der Waals surface area contributed by atoms with Gasteiger partial charge in [0.2, 0.25) is 0 Å². The molecule has 9 heteroatoms. The summed E-state index contributed by atoms with van der Waals surface area (Å²) in [6, 6.07) is 9.59. The molecule has 0 spiro atoms. The van der Waals surface area contributed by atoms with Crippen LogP contribution in [0.15, 0.2) is 42.5 Å². The van der Waals surface area contributed by atoms with Gasteiger partial charge in [0, 0.05) is 31.1 Å². The highest BCUT2D eigenvalue weighted by Crippen LogP contribution is 2.37. The van der Waals surface area contributed by atoms with Crippen molar-refractivity contribution in [2.75, 3.05) is 26.2 Å².